The van der Waals surface area contributed by atoms with Crippen molar-refractivity contribution in [1.82, 2.24) is 15.1 Å². The number of rotatable bonds is 3. The smallest absolute Gasteiger partial charge is 0.251 e. The zero-order chi connectivity index (χ0) is 17.6. The van der Waals surface area contributed by atoms with E-state index >= 15 is 0 Å². The summed E-state index contributed by atoms with van der Waals surface area (Å²) in [7, 11) is 1.91. The van der Waals surface area contributed by atoms with Crippen molar-refractivity contribution in [3.8, 4) is 11.1 Å². The van der Waals surface area contributed by atoms with E-state index in [4.69, 9.17) is 0 Å². The third-order valence-electron chi connectivity index (χ3n) is 5.14. The Kier molecular flexibility index (Phi) is 3.68. The summed E-state index contributed by atoms with van der Waals surface area (Å²) in [6.45, 7) is 4.00. The van der Waals surface area contributed by atoms with Crippen LogP contribution in [-0.2, 0) is 13.5 Å². The molecule has 126 valence electrons. The molecular formula is C21H21N3O. The molecule has 1 heterocycles. The van der Waals surface area contributed by atoms with E-state index in [-0.39, 0.29) is 11.9 Å². The zero-order valence-corrected chi connectivity index (χ0v) is 14.7. The molecule has 1 aliphatic rings. The molecule has 25 heavy (non-hydrogen) atoms. The van der Waals surface area contributed by atoms with Crippen LogP contribution in [0, 0.1) is 6.92 Å². The first-order valence-electron chi connectivity index (χ1n) is 8.55. The Balaban J connectivity index is 1.56. The molecule has 0 spiro atoms. The van der Waals surface area contributed by atoms with Gasteiger partial charge in [-0.1, -0.05) is 30.3 Å². The van der Waals surface area contributed by atoms with Crippen molar-refractivity contribution < 1.29 is 4.79 Å². The van der Waals surface area contributed by atoms with E-state index < -0.39 is 0 Å². The molecule has 0 aliphatic heterocycles. The molecule has 4 nitrogen and oxygen atoms in total. The summed E-state index contributed by atoms with van der Waals surface area (Å²) >= 11 is 0. The van der Waals surface area contributed by atoms with Crippen LogP contribution in [0.2, 0.25) is 0 Å². The molecule has 2 aromatic carbocycles. The van der Waals surface area contributed by atoms with Crippen molar-refractivity contribution in [1.29, 1.82) is 0 Å². The fourth-order valence-corrected chi connectivity index (χ4v) is 3.58. The van der Waals surface area contributed by atoms with Crippen LogP contribution in [0.3, 0.4) is 0 Å². The molecule has 1 atom stereocenters. The van der Waals surface area contributed by atoms with E-state index in [9.17, 15) is 4.79 Å². The van der Waals surface area contributed by atoms with Gasteiger partial charge in [-0.05, 0) is 54.7 Å². The van der Waals surface area contributed by atoms with Gasteiger partial charge in [-0.3, -0.25) is 9.48 Å². The Bertz CT molecular complexity index is 971. The van der Waals surface area contributed by atoms with Gasteiger partial charge in [-0.15, -0.1) is 0 Å². The van der Waals surface area contributed by atoms with Gasteiger partial charge in [0.2, 0.25) is 0 Å². The van der Waals surface area contributed by atoms with Gasteiger partial charge in [-0.2, -0.15) is 5.10 Å². The van der Waals surface area contributed by atoms with Crippen LogP contribution < -0.4 is 5.32 Å². The number of amides is 1. The maximum absolute atomic E-state index is 12.7. The SMILES string of the molecule is Cc1c(C(C)NC(=O)c2ccc3c(c2)Cc2ccccc2-3)cnn1C. The van der Waals surface area contributed by atoms with Crippen molar-refractivity contribution in [2.24, 2.45) is 7.05 Å². The van der Waals surface area contributed by atoms with Gasteiger partial charge in [-0.25, -0.2) is 0 Å². The molecule has 0 saturated carbocycles. The van der Waals surface area contributed by atoms with Crippen LogP contribution >= 0.6 is 0 Å². The second kappa shape index (κ2) is 5.88. The summed E-state index contributed by atoms with van der Waals surface area (Å²) in [5, 5.41) is 7.34. The van der Waals surface area contributed by atoms with Gasteiger partial charge >= 0.3 is 0 Å². The number of hydrogen-bond acceptors (Lipinski definition) is 2. The highest BCUT2D eigenvalue weighted by Gasteiger charge is 2.20. The van der Waals surface area contributed by atoms with Crippen LogP contribution in [0.5, 0.6) is 0 Å². The molecule has 0 saturated heterocycles. The summed E-state index contributed by atoms with van der Waals surface area (Å²) in [5.74, 6) is -0.0468. The number of benzene rings is 2. The molecular weight excluding hydrogens is 310 g/mol. The second-order valence-electron chi connectivity index (χ2n) is 6.71. The summed E-state index contributed by atoms with van der Waals surface area (Å²) < 4.78 is 1.82. The molecule has 0 fully saturated rings. The number of aromatic nitrogens is 2. The lowest BCUT2D eigenvalue weighted by atomic mass is 10.0. The number of hydrogen-bond donors (Lipinski definition) is 1. The van der Waals surface area contributed by atoms with Gasteiger partial charge in [0.15, 0.2) is 0 Å². The molecule has 0 bridgehead atoms. The number of aryl methyl sites for hydroxylation is 1. The average Bonchev–Trinajstić information content (AvgIpc) is 3.14. The highest BCUT2D eigenvalue weighted by atomic mass is 16.1. The molecule has 1 amide bonds. The molecule has 1 aliphatic carbocycles. The molecule has 1 N–H and O–H groups in total. The van der Waals surface area contributed by atoms with Crippen LogP contribution in [0.15, 0.2) is 48.7 Å². The normalized spacial score (nSPS) is 13.2. The first kappa shape index (κ1) is 15.6. The number of carbonyl (C=O) groups excluding carboxylic acids is 1. The number of carbonyl (C=O) groups is 1. The average molecular weight is 331 g/mol. The summed E-state index contributed by atoms with van der Waals surface area (Å²) in [4.78, 5) is 12.7. The predicted octanol–water partition coefficient (Wildman–Crippen LogP) is 3.79. The van der Waals surface area contributed by atoms with Crippen molar-refractivity contribution in [2.45, 2.75) is 26.3 Å². The first-order chi connectivity index (χ1) is 12.0. The topological polar surface area (TPSA) is 46.9 Å². The van der Waals surface area contributed by atoms with E-state index in [0.717, 1.165) is 17.7 Å². The van der Waals surface area contributed by atoms with Gasteiger partial charge in [0.25, 0.3) is 5.91 Å². The van der Waals surface area contributed by atoms with Crippen molar-refractivity contribution in [3.05, 3.63) is 76.6 Å². The predicted molar refractivity (Wildman–Crippen MR) is 98.5 cm³/mol. The summed E-state index contributed by atoms with van der Waals surface area (Å²) in [6.07, 6.45) is 2.71. The fraction of sp³-hybridized carbons (Fsp3) is 0.238. The van der Waals surface area contributed by atoms with E-state index in [1.54, 1.807) is 0 Å². The standard InChI is InChI=1S/C21H21N3O/c1-13(20-12-22-24(3)14(20)2)23-21(25)16-8-9-19-17(11-16)10-15-6-4-5-7-18(15)19/h4-9,11-13H,10H2,1-3H3,(H,23,25). The van der Waals surface area contributed by atoms with E-state index in [0.29, 0.717) is 5.56 Å². The number of nitrogens with one attached hydrogen (secondary N) is 1. The van der Waals surface area contributed by atoms with Crippen LogP contribution in [0.4, 0.5) is 0 Å². The highest BCUT2D eigenvalue weighted by molar-refractivity contribution is 5.96. The lowest BCUT2D eigenvalue weighted by molar-refractivity contribution is 0.0939. The Labute approximate surface area is 147 Å². The molecule has 3 aromatic rings. The molecule has 0 radical (unpaired) electrons. The van der Waals surface area contributed by atoms with Gasteiger partial charge in [0.05, 0.1) is 12.2 Å². The Morgan fingerprint density at radius 3 is 2.68 bits per heavy atom. The maximum atomic E-state index is 12.7. The third kappa shape index (κ3) is 2.64. The number of nitrogens with zero attached hydrogens (tertiary/aromatic N) is 2. The Morgan fingerprint density at radius 1 is 1.16 bits per heavy atom. The van der Waals surface area contributed by atoms with Gasteiger partial charge in [0, 0.05) is 23.9 Å². The number of fused-ring (bicyclic) bond motifs is 3. The third-order valence-corrected chi connectivity index (χ3v) is 5.14. The van der Waals surface area contributed by atoms with Crippen molar-refractivity contribution >= 4 is 5.91 Å². The fourth-order valence-electron chi connectivity index (χ4n) is 3.58. The monoisotopic (exact) mass is 331 g/mol. The lowest BCUT2D eigenvalue weighted by Gasteiger charge is -2.14. The van der Waals surface area contributed by atoms with E-state index in [1.807, 2.05) is 43.9 Å². The Morgan fingerprint density at radius 2 is 1.92 bits per heavy atom. The minimum atomic E-state index is -0.0772. The molecule has 4 rings (SSSR count). The quantitative estimate of drug-likeness (QED) is 0.621. The van der Waals surface area contributed by atoms with Gasteiger partial charge in [0.1, 0.15) is 0 Å². The minimum Gasteiger partial charge on any atom is -0.345 e. The second-order valence-corrected chi connectivity index (χ2v) is 6.71. The first-order valence-corrected chi connectivity index (χ1v) is 8.55. The van der Waals surface area contributed by atoms with Crippen LogP contribution in [0.1, 0.15) is 45.7 Å². The van der Waals surface area contributed by atoms with E-state index in [2.05, 4.69) is 40.7 Å². The van der Waals surface area contributed by atoms with Gasteiger partial charge < -0.3 is 5.32 Å². The van der Waals surface area contributed by atoms with Crippen molar-refractivity contribution in [3.63, 3.8) is 0 Å². The molecule has 1 unspecified atom stereocenters. The summed E-state index contributed by atoms with van der Waals surface area (Å²) in [5.41, 5.74) is 7.89. The highest BCUT2D eigenvalue weighted by Crippen LogP contribution is 2.36. The largest absolute Gasteiger partial charge is 0.345 e. The van der Waals surface area contributed by atoms with E-state index in [1.165, 1.54) is 22.3 Å². The maximum Gasteiger partial charge on any atom is 0.251 e. The summed E-state index contributed by atoms with van der Waals surface area (Å²) in [6, 6.07) is 14.4. The molecule has 1 aromatic heterocycles. The van der Waals surface area contributed by atoms with Crippen molar-refractivity contribution in [2.75, 3.05) is 0 Å². The van der Waals surface area contributed by atoms with Crippen LogP contribution in [0.25, 0.3) is 11.1 Å². The van der Waals surface area contributed by atoms with Crippen LogP contribution in [-0.4, -0.2) is 15.7 Å². The zero-order valence-electron chi connectivity index (χ0n) is 14.7. The Hall–Kier alpha value is -2.88. The minimum absolute atomic E-state index is 0.0468. The lowest BCUT2D eigenvalue weighted by Crippen LogP contribution is -2.27. The molecule has 4 heteroatoms.